The van der Waals surface area contributed by atoms with Gasteiger partial charge in [-0.1, -0.05) is 24.3 Å². The van der Waals surface area contributed by atoms with Gasteiger partial charge >= 0.3 is 0 Å². The number of amides is 1. The third kappa shape index (κ3) is 5.83. The monoisotopic (exact) mass is 443 g/mol. The van der Waals surface area contributed by atoms with Crippen LogP contribution in [-0.4, -0.2) is 29.9 Å². The zero-order chi connectivity index (χ0) is 23.0. The van der Waals surface area contributed by atoms with Gasteiger partial charge in [0.05, 0.1) is 12.8 Å². The van der Waals surface area contributed by atoms with E-state index < -0.39 is 0 Å². The summed E-state index contributed by atoms with van der Waals surface area (Å²) >= 11 is 0. The number of anilines is 1. The Morgan fingerprint density at radius 1 is 1.09 bits per heavy atom. The van der Waals surface area contributed by atoms with Crippen LogP contribution in [0.5, 0.6) is 0 Å². The summed E-state index contributed by atoms with van der Waals surface area (Å²) in [6.07, 6.45) is 4.45. The van der Waals surface area contributed by atoms with Crippen LogP contribution >= 0.6 is 0 Å². The van der Waals surface area contributed by atoms with Crippen molar-refractivity contribution < 1.29 is 9.21 Å². The van der Waals surface area contributed by atoms with Gasteiger partial charge in [-0.05, 0) is 67.3 Å². The Labute approximate surface area is 193 Å². The number of guanidine groups is 1. The Balaban J connectivity index is 1.35. The topological polar surface area (TPSA) is 94.4 Å². The summed E-state index contributed by atoms with van der Waals surface area (Å²) in [7, 11) is 0. The van der Waals surface area contributed by atoms with Crippen LogP contribution in [0.4, 0.5) is 5.69 Å². The normalized spacial score (nSPS) is 11.5. The minimum Gasteiger partial charge on any atom is -0.459 e. The fraction of sp³-hybridized carbons (Fsp3) is 0.231. The Hall–Kier alpha value is -4.00. The predicted octanol–water partition coefficient (Wildman–Crippen LogP) is 4.62. The molecule has 4 N–H and O–H groups in total. The fourth-order valence-electron chi connectivity index (χ4n) is 3.68. The molecule has 1 amide bonds. The summed E-state index contributed by atoms with van der Waals surface area (Å²) in [4.78, 5) is 20.3. The molecule has 0 atom stereocenters. The molecule has 0 radical (unpaired) electrons. The molecule has 33 heavy (non-hydrogen) atoms. The average molecular weight is 444 g/mol. The van der Waals surface area contributed by atoms with Gasteiger partial charge in [-0.3, -0.25) is 4.79 Å². The van der Waals surface area contributed by atoms with Crippen molar-refractivity contribution in [3.8, 4) is 0 Å². The third-order valence-corrected chi connectivity index (χ3v) is 5.30. The molecule has 0 aliphatic carbocycles. The van der Waals surface area contributed by atoms with Gasteiger partial charge in [0, 0.05) is 35.9 Å². The first-order valence-electron chi connectivity index (χ1n) is 11.1. The standard InChI is InChI=1S/C26H29N5O2/c1-3-27-26(28-12-11-20-17-29-23-14-18(2)9-10-22(20)23)30-16-19-6-4-7-21(15-19)31-25(32)24-8-5-13-33-24/h4-10,13-15,17,29H,3,11-12,16H2,1-2H3,(H,31,32)(H2,27,28,30). The fourth-order valence-corrected chi connectivity index (χ4v) is 3.68. The predicted molar refractivity (Wildman–Crippen MR) is 133 cm³/mol. The number of aryl methyl sites for hydroxylation is 1. The van der Waals surface area contributed by atoms with Gasteiger partial charge in [0.25, 0.3) is 5.91 Å². The number of hydrogen-bond donors (Lipinski definition) is 4. The first-order chi connectivity index (χ1) is 16.1. The molecule has 0 fully saturated rings. The number of aromatic nitrogens is 1. The lowest BCUT2D eigenvalue weighted by atomic mass is 10.1. The second-order valence-corrected chi connectivity index (χ2v) is 7.87. The van der Waals surface area contributed by atoms with Crippen LogP contribution in [0.2, 0.25) is 0 Å². The Morgan fingerprint density at radius 2 is 2.00 bits per heavy atom. The lowest BCUT2D eigenvalue weighted by molar-refractivity contribution is 0.0996. The second-order valence-electron chi connectivity index (χ2n) is 7.87. The molecule has 0 saturated heterocycles. The number of nitrogens with one attached hydrogen (secondary N) is 4. The van der Waals surface area contributed by atoms with E-state index in [2.05, 4.69) is 52.3 Å². The summed E-state index contributed by atoms with van der Waals surface area (Å²) in [5, 5.41) is 10.8. The van der Waals surface area contributed by atoms with Gasteiger partial charge in [0.15, 0.2) is 11.7 Å². The maximum absolute atomic E-state index is 12.2. The van der Waals surface area contributed by atoms with Crippen LogP contribution in [0, 0.1) is 6.92 Å². The molecule has 7 heteroatoms. The molecule has 0 saturated carbocycles. The maximum Gasteiger partial charge on any atom is 0.291 e. The van der Waals surface area contributed by atoms with E-state index in [4.69, 9.17) is 9.41 Å². The smallest absolute Gasteiger partial charge is 0.291 e. The molecule has 2 aromatic heterocycles. The number of rotatable bonds is 8. The van der Waals surface area contributed by atoms with E-state index in [1.807, 2.05) is 31.2 Å². The van der Waals surface area contributed by atoms with Crippen molar-refractivity contribution in [1.82, 2.24) is 15.6 Å². The molecule has 170 valence electrons. The van der Waals surface area contributed by atoms with Gasteiger partial charge in [0.2, 0.25) is 0 Å². The van der Waals surface area contributed by atoms with Crippen molar-refractivity contribution in [3.63, 3.8) is 0 Å². The lowest BCUT2D eigenvalue weighted by Gasteiger charge is -2.11. The highest BCUT2D eigenvalue weighted by atomic mass is 16.3. The van der Waals surface area contributed by atoms with Crippen LogP contribution in [-0.2, 0) is 13.0 Å². The van der Waals surface area contributed by atoms with Crippen LogP contribution in [0.1, 0.15) is 34.2 Å². The number of benzene rings is 2. The maximum atomic E-state index is 12.2. The molecule has 0 unspecified atom stereocenters. The van der Waals surface area contributed by atoms with E-state index in [9.17, 15) is 4.79 Å². The summed E-state index contributed by atoms with van der Waals surface area (Å²) in [5.74, 6) is 0.767. The van der Waals surface area contributed by atoms with Crippen molar-refractivity contribution in [2.24, 2.45) is 4.99 Å². The van der Waals surface area contributed by atoms with Gasteiger partial charge in [-0.25, -0.2) is 4.99 Å². The van der Waals surface area contributed by atoms with Crippen molar-refractivity contribution in [2.45, 2.75) is 26.8 Å². The van der Waals surface area contributed by atoms with E-state index in [1.165, 1.54) is 28.3 Å². The number of aromatic amines is 1. The molecule has 2 heterocycles. The second kappa shape index (κ2) is 10.5. The van der Waals surface area contributed by atoms with Crippen LogP contribution < -0.4 is 16.0 Å². The molecule has 0 aliphatic heterocycles. The van der Waals surface area contributed by atoms with Crippen molar-refractivity contribution in [2.75, 3.05) is 18.4 Å². The molecular weight excluding hydrogens is 414 g/mol. The van der Waals surface area contributed by atoms with Gasteiger partial charge in [-0.15, -0.1) is 0 Å². The summed E-state index contributed by atoms with van der Waals surface area (Å²) < 4.78 is 5.14. The highest BCUT2D eigenvalue weighted by molar-refractivity contribution is 6.02. The van der Waals surface area contributed by atoms with Crippen molar-refractivity contribution in [3.05, 3.63) is 89.5 Å². The molecule has 7 nitrogen and oxygen atoms in total. The van der Waals surface area contributed by atoms with E-state index in [1.54, 1.807) is 12.1 Å². The van der Waals surface area contributed by atoms with Crippen LogP contribution in [0.15, 0.2) is 76.5 Å². The molecule has 4 aromatic rings. The van der Waals surface area contributed by atoms with Crippen LogP contribution in [0.3, 0.4) is 0 Å². The van der Waals surface area contributed by atoms with Gasteiger partial charge in [0.1, 0.15) is 0 Å². The number of carbonyl (C=O) groups excluding carboxylic acids is 1. The van der Waals surface area contributed by atoms with Crippen molar-refractivity contribution in [1.29, 1.82) is 0 Å². The minimum atomic E-state index is -0.275. The van der Waals surface area contributed by atoms with E-state index in [0.717, 1.165) is 31.0 Å². The average Bonchev–Trinajstić information content (AvgIpc) is 3.48. The Kier molecular flexibility index (Phi) is 7.09. The molecular formula is C26H29N5O2. The summed E-state index contributed by atoms with van der Waals surface area (Å²) in [6.45, 7) is 6.18. The largest absolute Gasteiger partial charge is 0.459 e. The highest BCUT2D eigenvalue weighted by Crippen LogP contribution is 2.19. The number of furan rings is 1. The van der Waals surface area contributed by atoms with Gasteiger partial charge in [-0.2, -0.15) is 0 Å². The highest BCUT2D eigenvalue weighted by Gasteiger charge is 2.09. The number of hydrogen-bond acceptors (Lipinski definition) is 3. The summed E-state index contributed by atoms with van der Waals surface area (Å²) in [5.41, 5.74) is 5.41. The number of carbonyl (C=O) groups is 1. The number of H-pyrrole nitrogens is 1. The third-order valence-electron chi connectivity index (χ3n) is 5.30. The first-order valence-corrected chi connectivity index (χ1v) is 11.1. The molecule has 2 aromatic carbocycles. The Bertz CT molecular complexity index is 1240. The van der Waals surface area contributed by atoms with Gasteiger partial charge < -0.3 is 25.4 Å². The molecule has 0 aliphatic rings. The molecule has 0 bridgehead atoms. The lowest BCUT2D eigenvalue weighted by Crippen LogP contribution is -2.38. The Morgan fingerprint density at radius 3 is 2.82 bits per heavy atom. The van der Waals surface area contributed by atoms with E-state index in [-0.39, 0.29) is 11.7 Å². The number of nitrogens with zero attached hydrogens (tertiary/aromatic N) is 1. The first kappa shape index (κ1) is 22.2. The summed E-state index contributed by atoms with van der Waals surface area (Å²) in [6, 6.07) is 17.5. The van der Waals surface area contributed by atoms with E-state index in [0.29, 0.717) is 12.2 Å². The van der Waals surface area contributed by atoms with Crippen LogP contribution in [0.25, 0.3) is 10.9 Å². The number of aliphatic imine (C=N–C) groups is 1. The minimum absolute atomic E-state index is 0.275. The zero-order valence-corrected chi connectivity index (χ0v) is 18.9. The zero-order valence-electron chi connectivity index (χ0n) is 18.9. The SMILES string of the molecule is CCNC(=NCc1cccc(NC(=O)c2ccco2)c1)NCCc1c[nH]c2cc(C)ccc12. The van der Waals surface area contributed by atoms with Crippen molar-refractivity contribution >= 4 is 28.5 Å². The van der Waals surface area contributed by atoms with E-state index >= 15 is 0 Å². The molecule has 4 rings (SSSR count). The number of fused-ring (bicyclic) bond motifs is 1. The quantitative estimate of drug-likeness (QED) is 0.236. The molecule has 0 spiro atoms.